The fraction of sp³-hybridized carbons (Fsp3) is 1.00. The predicted molar refractivity (Wildman–Crippen MR) is 41.9 cm³/mol. The molecule has 0 spiro atoms. The molecule has 1 N–H and O–H groups in total. The van der Waals surface area contributed by atoms with Crippen molar-refractivity contribution in [3.05, 3.63) is 0 Å². The molecule has 0 bridgehead atoms. The molecule has 0 aromatic rings. The van der Waals surface area contributed by atoms with Gasteiger partial charge in [-0.3, -0.25) is 0 Å². The largest absolute Gasteiger partial charge is 0.312 e. The van der Waals surface area contributed by atoms with E-state index in [2.05, 4.69) is 17.1 Å². The van der Waals surface area contributed by atoms with Crippen LogP contribution in [0.2, 0.25) is 0 Å². The van der Waals surface area contributed by atoms with Gasteiger partial charge in [0.1, 0.15) is 0 Å². The highest BCUT2D eigenvalue weighted by Gasteiger charge is 2.29. The first-order chi connectivity index (χ1) is 4.47. The van der Waals surface area contributed by atoms with Gasteiger partial charge in [-0.25, -0.2) is 0 Å². The van der Waals surface area contributed by atoms with Gasteiger partial charge in [-0.2, -0.15) is 11.8 Å². The number of nitrogens with one attached hydrogen (secondary N) is 1. The average molecular weight is 143 g/mol. The molecule has 1 saturated carbocycles. The highest BCUT2D eigenvalue weighted by Crippen LogP contribution is 2.31. The predicted octanol–water partition coefficient (Wildman–Crippen LogP) is 1.24. The van der Waals surface area contributed by atoms with E-state index in [0.717, 1.165) is 11.3 Å². The highest BCUT2D eigenvalue weighted by molar-refractivity contribution is 8.00. The molecule has 2 atom stereocenters. The Hall–Kier alpha value is 0.310. The van der Waals surface area contributed by atoms with E-state index in [9.17, 15) is 0 Å². The first kappa shape index (κ1) is 6.05. The van der Waals surface area contributed by atoms with E-state index in [-0.39, 0.29) is 0 Å². The van der Waals surface area contributed by atoms with Crippen LogP contribution in [0.25, 0.3) is 0 Å². The Kier molecular flexibility index (Phi) is 1.68. The van der Waals surface area contributed by atoms with Crippen LogP contribution in [0.3, 0.4) is 0 Å². The summed E-state index contributed by atoms with van der Waals surface area (Å²) in [4.78, 5) is 0. The molecular weight excluding hydrogens is 130 g/mol. The first-order valence-electron chi connectivity index (χ1n) is 3.82. The Morgan fingerprint density at radius 3 is 3.22 bits per heavy atom. The molecule has 0 amide bonds. The molecule has 52 valence electrons. The Morgan fingerprint density at radius 2 is 2.33 bits per heavy atom. The molecule has 0 aromatic carbocycles. The van der Waals surface area contributed by atoms with Gasteiger partial charge >= 0.3 is 0 Å². The van der Waals surface area contributed by atoms with Gasteiger partial charge in [0.05, 0.1) is 0 Å². The van der Waals surface area contributed by atoms with E-state index in [1.54, 1.807) is 0 Å². The summed E-state index contributed by atoms with van der Waals surface area (Å²) in [5.74, 6) is 1.33. The summed E-state index contributed by atoms with van der Waals surface area (Å²) in [6, 6.07) is 0.878. The van der Waals surface area contributed by atoms with Crippen LogP contribution in [0, 0.1) is 0 Å². The van der Waals surface area contributed by atoms with Crippen molar-refractivity contribution in [2.75, 3.05) is 12.3 Å². The molecule has 1 saturated heterocycles. The van der Waals surface area contributed by atoms with E-state index in [1.807, 2.05) is 0 Å². The molecule has 1 heterocycles. The third kappa shape index (κ3) is 1.10. The van der Waals surface area contributed by atoms with Crippen molar-refractivity contribution < 1.29 is 0 Å². The number of fused-ring (bicyclic) bond motifs is 1. The summed E-state index contributed by atoms with van der Waals surface area (Å²) in [7, 11) is 0. The van der Waals surface area contributed by atoms with E-state index >= 15 is 0 Å². The third-order valence-corrected chi connectivity index (χ3v) is 3.73. The Balaban J connectivity index is 1.97. The summed E-state index contributed by atoms with van der Waals surface area (Å²) in [6.07, 6.45) is 4.34. The van der Waals surface area contributed by atoms with Gasteiger partial charge in [0.15, 0.2) is 0 Å². The second-order valence-corrected chi connectivity index (χ2v) is 4.25. The summed E-state index contributed by atoms with van der Waals surface area (Å²) >= 11 is 2.17. The summed E-state index contributed by atoms with van der Waals surface area (Å²) in [5.41, 5.74) is 0. The van der Waals surface area contributed by atoms with Crippen molar-refractivity contribution in [1.82, 2.24) is 5.32 Å². The minimum Gasteiger partial charge on any atom is -0.312 e. The molecule has 9 heavy (non-hydrogen) atoms. The molecule has 2 rings (SSSR count). The Labute approximate surface area is 60.6 Å². The molecule has 2 aliphatic rings. The van der Waals surface area contributed by atoms with Crippen molar-refractivity contribution in [2.24, 2.45) is 0 Å². The van der Waals surface area contributed by atoms with Crippen LogP contribution in [-0.2, 0) is 0 Å². The maximum Gasteiger partial charge on any atom is 0.0201 e. The maximum absolute atomic E-state index is 3.56. The summed E-state index contributed by atoms with van der Waals surface area (Å²) in [6.45, 7) is 1.24. The second kappa shape index (κ2) is 2.51. The lowest BCUT2D eigenvalue weighted by molar-refractivity contribution is 0.539. The van der Waals surface area contributed by atoms with E-state index in [4.69, 9.17) is 0 Å². The Bertz CT molecular complexity index is 93.1. The van der Waals surface area contributed by atoms with E-state index in [0.29, 0.717) is 0 Å². The fourth-order valence-electron chi connectivity index (χ4n) is 1.81. The van der Waals surface area contributed by atoms with Crippen LogP contribution >= 0.6 is 11.8 Å². The van der Waals surface area contributed by atoms with Gasteiger partial charge in [-0.15, -0.1) is 0 Å². The molecule has 2 unspecified atom stereocenters. The molecule has 0 radical (unpaired) electrons. The van der Waals surface area contributed by atoms with Crippen molar-refractivity contribution in [3.8, 4) is 0 Å². The molecule has 1 aliphatic heterocycles. The third-order valence-electron chi connectivity index (χ3n) is 2.29. The topological polar surface area (TPSA) is 12.0 Å². The minimum absolute atomic E-state index is 0.878. The van der Waals surface area contributed by atoms with Gasteiger partial charge in [0, 0.05) is 23.6 Å². The van der Waals surface area contributed by atoms with Crippen LogP contribution < -0.4 is 5.32 Å². The van der Waals surface area contributed by atoms with Crippen LogP contribution in [0.15, 0.2) is 0 Å². The monoisotopic (exact) mass is 143 g/mol. The Morgan fingerprint density at radius 1 is 1.33 bits per heavy atom. The SMILES string of the molecule is C1CC2NCCSC2C1. The number of rotatable bonds is 0. The number of hydrogen-bond donors (Lipinski definition) is 1. The van der Waals surface area contributed by atoms with Gasteiger partial charge in [0.2, 0.25) is 0 Å². The van der Waals surface area contributed by atoms with Crippen molar-refractivity contribution >= 4 is 11.8 Å². The summed E-state index contributed by atoms with van der Waals surface area (Å²) in [5, 5.41) is 4.53. The number of hydrogen-bond acceptors (Lipinski definition) is 2. The molecule has 2 heteroatoms. The van der Waals surface area contributed by atoms with Crippen LogP contribution in [0.1, 0.15) is 19.3 Å². The maximum atomic E-state index is 3.56. The van der Waals surface area contributed by atoms with Crippen molar-refractivity contribution in [3.63, 3.8) is 0 Å². The lowest BCUT2D eigenvalue weighted by atomic mass is 10.2. The van der Waals surface area contributed by atoms with E-state index < -0.39 is 0 Å². The minimum atomic E-state index is 0.878. The van der Waals surface area contributed by atoms with Crippen LogP contribution in [0.4, 0.5) is 0 Å². The zero-order valence-electron chi connectivity index (χ0n) is 5.60. The molecule has 1 nitrogen and oxygen atoms in total. The molecule has 1 aliphatic carbocycles. The van der Waals surface area contributed by atoms with Gasteiger partial charge in [-0.05, 0) is 12.8 Å². The zero-order valence-corrected chi connectivity index (χ0v) is 6.41. The molecular formula is C7H13NS. The van der Waals surface area contributed by atoms with Crippen LogP contribution in [-0.4, -0.2) is 23.6 Å². The van der Waals surface area contributed by atoms with Gasteiger partial charge in [0.25, 0.3) is 0 Å². The van der Waals surface area contributed by atoms with Gasteiger partial charge < -0.3 is 5.32 Å². The zero-order chi connectivity index (χ0) is 6.10. The standard InChI is InChI=1S/C7H13NS/c1-2-6-7(3-1)9-5-4-8-6/h6-8H,1-5H2. The molecule has 0 aromatic heterocycles. The lowest BCUT2D eigenvalue weighted by Crippen LogP contribution is -2.40. The average Bonchev–Trinajstić information content (AvgIpc) is 2.33. The fourth-order valence-corrected chi connectivity index (χ4v) is 3.15. The highest BCUT2D eigenvalue weighted by atomic mass is 32.2. The van der Waals surface area contributed by atoms with Crippen molar-refractivity contribution in [2.45, 2.75) is 30.6 Å². The smallest absolute Gasteiger partial charge is 0.0201 e. The normalized spacial score (nSPS) is 42.7. The molecule has 2 fully saturated rings. The van der Waals surface area contributed by atoms with Crippen LogP contribution in [0.5, 0.6) is 0 Å². The summed E-state index contributed by atoms with van der Waals surface area (Å²) < 4.78 is 0. The number of thioether (sulfide) groups is 1. The van der Waals surface area contributed by atoms with Crippen molar-refractivity contribution in [1.29, 1.82) is 0 Å². The lowest BCUT2D eigenvalue weighted by Gasteiger charge is -2.25. The first-order valence-corrected chi connectivity index (χ1v) is 4.87. The van der Waals surface area contributed by atoms with E-state index in [1.165, 1.54) is 31.6 Å². The van der Waals surface area contributed by atoms with Gasteiger partial charge in [-0.1, -0.05) is 6.42 Å². The second-order valence-electron chi connectivity index (χ2n) is 2.90. The quantitative estimate of drug-likeness (QED) is 0.547.